The predicted octanol–water partition coefficient (Wildman–Crippen LogP) is 2.80. The first-order valence-corrected chi connectivity index (χ1v) is 11.1. The Morgan fingerprint density at radius 3 is 2.44 bits per heavy atom. The van der Waals surface area contributed by atoms with E-state index in [1.54, 1.807) is 26.8 Å². The molecule has 0 aromatic carbocycles. The number of Topliss-reactive ketones (excluding diaryl/α,β-unsaturated/α-hetero) is 1. The van der Waals surface area contributed by atoms with Crippen molar-refractivity contribution in [3.8, 4) is 0 Å². The number of carboxylic acid groups (broad SMARTS) is 1. The zero-order valence-electron chi connectivity index (χ0n) is 18.3. The quantitative estimate of drug-likeness (QED) is 0.454. The highest BCUT2D eigenvalue weighted by atomic mass is 35.5. The fourth-order valence-corrected chi connectivity index (χ4v) is 7.26. The van der Waals surface area contributed by atoms with Crippen LogP contribution in [0, 0.1) is 28.6 Å². The smallest absolute Gasteiger partial charge is 0.401 e. The summed E-state index contributed by atoms with van der Waals surface area (Å²) in [5.74, 6) is -2.12. The molecule has 0 unspecified atom stereocenters. The summed E-state index contributed by atoms with van der Waals surface area (Å²) < 4.78 is 16.9. The number of allylic oxidation sites excluding steroid dienone is 4. The molecule has 0 radical (unpaired) electrons. The molecule has 0 spiro atoms. The van der Waals surface area contributed by atoms with Crippen molar-refractivity contribution in [1.82, 2.24) is 0 Å². The Kier molecular flexibility index (Phi) is 6.26. The average Bonchev–Trinajstić information content (AvgIpc) is 2.90. The minimum Gasteiger partial charge on any atom is -0.469 e. The molecule has 0 amide bonds. The zero-order chi connectivity index (χ0) is 24.3. The monoisotopic (exact) mass is 472 g/mol. The van der Waals surface area contributed by atoms with Crippen LogP contribution < -0.4 is 0 Å². The largest absolute Gasteiger partial charge is 0.469 e. The van der Waals surface area contributed by atoms with Gasteiger partial charge in [0.2, 0.25) is 0 Å². The summed E-state index contributed by atoms with van der Waals surface area (Å²) in [5.41, 5.74) is -6.53. The van der Waals surface area contributed by atoms with E-state index in [-0.39, 0.29) is 18.1 Å². The summed E-state index contributed by atoms with van der Waals surface area (Å²) in [7, 11) is 0. The molecular formula is C23H30ClFO7. The highest BCUT2D eigenvalue weighted by Gasteiger charge is 2.75. The van der Waals surface area contributed by atoms with Crippen molar-refractivity contribution in [3.05, 3.63) is 23.8 Å². The van der Waals surface area contributed by atoms with Crippen LogP contribution in [0.5, 0.6) is 0 Å². The van der Waals surface area contributed by atoms with E-state index in [1.165, 1.54) is 12.2 Å². The van der Waals surface area contributed by atoms with Crippen molar-refractivity contribution in [2.45, 2.75) is 63.8 Å². The molecule has 0 aromatic heterocycles. The number of alkyl halides is 1. The van der Waals surface area contributed by atoms with Crippen molar-refractivity contribution in [2.24, 2.45) is 28.6 Å². The lowest BCUT2D eigenvalue weighted by Gasteiger charge is -2.62. The maximum absolute atomic E-state index is 16.9. The molecule has 9 heteroatoms. The molecule has 4 aliphatic carbocycles. The third kappa shape index (κ3) is 3.14. The number of ketones is 2. The Morgan fingerprint density at radius 2 is 1.88 bits per heavy atom. The van der Waals surface area contributed by atoms with Crippen LogP contribution in [0.3, 0.4) is 0 Å². The van der Waals surface area contributed by atoms with Crippen LogP contribution in [0.25, 0.3) is 0 Å². The Morgan fingerprint density at radius 1 is 1.28 bits per heavy atom. The third-order valence-electron chi connectivity index (χ3n) is 8.79. The molecule has 4 aliphatic rings. The zero-order valence-corrected chi connectivity index (χ0v) is 19.1. The molecule has 0 saturated heterocycles. The maximum atomic E-state index is 16.9. The molecule has 3 fully saturated rings. The Balaban J connectivity index is 0.000000668. The SMILES string of the molecule is C[C@@H]1C[C@H]2[C@@H]3CCC4=CC(=O)C=C[C@]4(C)[C@@]3(F)[C@@H](O)C[C@]2(C)[C@@]1(O)C(=O)CO.O=C(O)Cl. The van der Waals surface area contributed by atoms with Gasteiger partial charge in [-0.1, -0.05) is 25.5 Å². The molecule has 0 bridgehead atoms. The van der Waals surface area contributed by atoms with Crippen molar-refractivity contribution < 1.29 is 39.2 Å². The highest BCUT2D eigenvalue weighted by molar-refractivity contribution is 6.60. The van der Waals surface area contributed by atoms with Gasteiger partial charge in [-0.3, -0.25) is 9.59 Å². The number of rotatable bonds is 2. The standard InChI is InChI=1S/C22H29FO5.CHClO2/c1-12-8-16-15-5-4-13-9-14(25)6-7-19(13,2)21(15,23)17(26)10-20(16,3)22(12,28)18(27)11-24;2-1(3)4/h6-7,9,12,15-17,24,26,28H,4-5,8,10-11H2,1-3H3;(H,3,4)/t12-,15+,16+,17+,19+,20+,21+,22+;/m1./s1. The minimum atomic E-state index is -1.98. The van der Waals surface area contributed by atoms with Crippen molar-refractivity contribution >= 4 is 28.6 Å². The van der Waals surface area contributed by atoms with Crippen LogP contribution in [0.2, 0.25) is 0 Å². The number of halogens is 2. The van der Waals surface area contributed by atoms with E-state index in [4.69, 9.17) is 9.90 Å². The molecule has 178 valence electrons. The number of carbonyl (C=O) groups excluding carboxylic acids is 2. The topological polar surface area (TPSA) is 132 Å². The van der Waals surface area contributed by atoms with E-state index in [1.807, 2.05) is 0 Å². The Bertz CT molecular complexity index is 899. The van der Waals surface area contributed by atoms with Crippen LogP contribution in [0.15, 0.2) is 23.8 Å². The number of aliphatic hydroxyl groups excluding tert-OH is 2. The molecule has 3 saturated carbocycles. The van der Waals surface area contributed by atoms with Gasteiger partial charge in [0, 0.05) is 28.3 Å². The summed E-state index contributed by atoms with van der Waals surface area (Å²) in [6.07, 6.45) is 4.44. The van der Waals surface area contributed by atoms with Gasteiger partial charge < -0.3 is 20.4 Å². The lowest BCUT2D eigenvalue weighted by molar-refractivity contribution is -0.219. The molecule has 8 atom stereocenters. The summed E-state index contributed by atoms with van der Waals surface area (Å²) in [6, 6.07) is 0. The van der Waals surface area contributed by atoms with Crippen molar-refractivity contribution in [3.63, 3.8) is 0 Å². The van der Waals surface area contributed by atoms with E-state index in [0.29, 0.717) is 24.8 Å². The Hall–Kier alpha value is -1.61. The second kappa shape index (κ2) is 8.01. The second-order valence-electron chi connectivity index (χ2n) is 10.0. The van der Waals surface area contributed by atoms with Crippen LogP contribution in [-0.2, 0) is 9.59 Å². The molecule has 7 nitrogen and oxygen atoms in total. The predicted molar refractivity (Wildman–Crippen MR) is 114 cm³/mol. The average molecular weight is 473 g/mol. The molecular weight excluding hydrogens is 443 g/mol. The van der Waals surface area contributed by atoms with Gasteiger partial charge in [-0.15, -0.1) is 0 Å². The number of fused-ring (bicyclic) bond motifs is 5. The van der Waals surface area contributed by atoms with Crippen LogP contribution in [-0.4, -0.2) is 61.4 Å². The number of aliphatic hydroxyl groups is 3. The number of hydrogen-bond donors (Lipinski definition) is 4. The van der Waals surface area contributed by atoms with Gasteiger partial charge in [-0.05, 0) is 56.6 Å². The van der Waals surface area contributed by atoms with Gasteiger partial charge >= 0.3 is 5.43 Å². The third-order valence-corrected chi connectivity index (χ3v) is 8.79. The first-order valence-electron chi connectivity index (χ1n) is 10.8. The summed E-state index contributed by atoms with van der Waals surface area (Å²) in [5, 5.41) is 39.1. The van der Waals surface area contributed by atoms with Crippen molar-refractivity contribution in [1.29, 1.82) is 0 Å². The fourth-order valence-electron chi connectivity index (χ4n) is 7.26. The molecule has 4 rings (SSSR count). The molecule has 4 N–H and O–H groups in total. The summed E-state index contributed by atoms with van der Waals surface area (Å²) in [6.45, 7) is 4.48. The number of carbonyl (C=O) groups is 3. The van der Waals surface area contributed by atoms with Gasteiger partial charge in [0.05, 0.1) is 6.10 Å². The van der Waals surface area contributed by atoms with Crippen LogP contribution in [0.1, 0.15) is 46.5 Å². The van der Waals surface area contributed by atoms with Crippen molar-refractivity contribution in [2.75, 3.05) is 6.61 Å². The fraction of sp³-hybridized carbons (Fsp3) is 0.696. The van der Waals surface area contributed by atoms with E-state index in [9.17, 15) is 24.9 Å². The second-order valence-corrected chi connectivity index (χ2v) is 10.3. The Labute approximate surface area is 191 Å². The van der Waals surface area contributed by atoms with Gasteiger partial charge in [-0.2, -0.15) is 0 Å². The molecule has 0 aliphatic heterocycles. The summed E-state index contributed by atoms with van der Waals surface area (Å²) in [4.78, 5) is 33.1. The van der Waals surface area contributed by atoms with Crippen LogP contribution >= 0.6 is 11.6 Å². The van der Waals surface area contributed by atoms with E-state index >= 15 is 4.39 Å². The number of hydrogen-bond acceptors (Lipinski definition) is 6. The highest BCUT2D eigenvalue weighted by Crippen LogP contribution is 2.70. The van der Waals surface area contributed by atoms with Gasteiger partial charge in [0.15, 0.2) is 17.2 Å². The van der Waals surface area contributed by atoms with Gasteiger partial charge in [-0.25, -0.2) is 9.18 Å². The normalized spacial score (nSPS) is 46.8. The molecule has 32 heavy (non-hydrogen) atoms. The lowest BCUT2D eigenvalue weighted by atomic mass is 9.44. The van der Waals surface area contributed by atoms with E-state index in [0.717, 1.165) is 0 Å². The lowest BCUT2D eigenvalue weighted by Crippen LogP contribution is -2.69. The summed E-state index contributed by atoms with van der Waals surface area (Å²) >= 11 is 4.19. The maximum Gasteiger partial charge on any atom is 0.401 e. The molecule has 0 aromatic rings. The van der Waals surface area contributed by atoms with E-state index < -0.39 is 57.9 Å². The first kappa shape index (κ1) is 25.0. The van der Waals surface area contributed by atoms with Gasteiger partial charge in [0.25, 0.3) is 0 Å². The minimum absolute atomic E-state index is 0.0676. The molecule has 0 heterocycles. The van der Waals surface area contributed by atoms with E-state index in [2.05, 4.69) is 11.6 Å². The van der Waals surface area contributed by atoms with Gasteiger partial charge in [0.1, 0.15) is 12.2 Å². The first-order chi connectivity index (χ1) is 14.7. The van der Waals surface area contributed by atoms with Crippen LogP contribution in [0.4, 0.5) is 9.18 Å².